The number of aliphatic hydroxyl groups excluding tert-OH is 1. The molecular formula is C12H8Cl2FNO. The van der Waals surface area contributed by atoms with Crippen LogP contribution in [0.3, 0.4) is 0 Å². The summed E-state index contributed by atoms with van der Waals surface area (Å²) in [5.74, 6) is -0.645. The van der Waals surface area contributed by atoms with Crippen LogP contribution in [0.2, 0.25) is 10.0 Å². The summed E-state index contributed by atoms with van der Waals surface area (Å²) < 4.78 is 13.2. The number of pyridine rings is 1. The Morgan fingerprint density at radius 2 is 1.76 bits per heavy atom. The second-order valence-corrected chi connectivity index (χ2v) is 4.21. The molecule has 0 saturated carbocycles. The summed E-state index contributed by atoms with van der Waals surface area (Å²) in [6.45, 7) is -0.260. The lowest BCUT2D eigenvalue weighted by molar-refractivity contribution is 0.281. The quantitative estimate of drug-likeness (QED) is 0.846. The van der Waals surface area contributed by atoms with E-state index in [1.807, 2.05) is 0 Å². The summed E-state index contributed by atoms with van der Waals surface area (Å²) >= 11 is 12.0. The van der Waals surface area contributed by atoms with E-state index in [0.29, 0.717) is 21.2 Å². The average Bonchev–Trinajstić information content (AvgIpc) is 2.29. The van der Waals surface area contributed by atoms with Gasteiger partial charge in [-0.25, -0.2) is 4.98 Å². The molecule has 0 aliphatic rings. The molecule has 2 nitrogen and oxygen atoms in total. The maximum Gasteiger partial charge on any atom is 0.213 e. The number of hydrogen-bond donors (Lipinski definition) is 1. The van der Waals surface area contributed by atoms with Crippen LogP contribution in [0.25, 0.3) is 11.3 Å². The Morgan fingerprint density at radius 3 is 2.35 bits per heavy atom. The molecule has 17 heavy (non-hydrogen) atoms. The molecule has 2 rings (SSSR count). The largest absolute Gasteiger partial charge is 0.392 e. The first-order valence-electron chi connectivity index (χ1n) is 4.84. The van der Waals surface area contributed by atoms with Gasteiger partial charge in [0.1, 0.15) is 0 Å². The smallest absolute Gasteiger partial charge is 0.213 e. The summed E-state index contributed by atoms with van der Waals surface area (Å²) in [6, 6.07) is 7.59. The Labute approximate surface area is 108 Å². The van der Waals surface area contributed by atoms with Crippen LogP contribution in [0.15, 0.2) is 30.3 Å². The van der Waals surface area contributed by atoms with Crippen molar-refractivity contribution in [2.45, 2.75) is 6.61 Å². The molecule has 88 valence electrons. The van der Waals surface area contributed by atoms with Gasteiger partial charge in [-0.05, 0) is 24.3 Å². The van der Waals surface area contributed by atoms with E-state index in [1.165, 1.54) is 12.1 Å². The molecule has 1 aromatic heterocycles. The molecule has 0 unspecified atom stereocenters. The fourth-order valence-electron chi connectivity index (χ4n) is 1.53. The van der Waals surface area contributed by atoms with E-state index in [1.54, 1.807) is 18.2 Å². The van der Waals surface area contributed by atoms with Crippen LogP contribution >= 0.6 is 23.2 Å². The van der Waals surface area contributed by atoms with Crippen LogP contribution in [0.4, 0.5) is 4.39 Å². The molecule has 0 fully saturated rings. The monoisotopic (exact) mass is 271 g/mol. The van der Waals surface area contributed by atoms with Gasteiger partial charge in [-0.1, -0.05) is 29.3 Å². The van der Waals surface area contributed by atoms with Gasteiger partial charge in [0, 0.05) is 11.1 Å². The van der Waals surface area contributed by atoms with Crippen LogP contribution in [-0.2, 0) is 6.61 Å². The van der Waals surface area contributed by atoms with E-state index in [0.717, 1.165) is 0 Å². The zero-order chi connectivity index (χ0) is 12.4. The number of aliphatic hydroxyl groups is 1. The third kappa shape index (κ3) is 2.41. The number of halogens is 3. The van der Waals surface area contributed by atoms with Crippen LogP contribution in [-0.4, -0.2) is 10.1 Å². The lowest BCUT2D eigenvalue weighted by Gasteiger charge is -2.10. The molecule has 1 N–H and O–H groups in total. The fraction of sp³-hybridized carbons (Fsp3) is 0.0833. The first-order chi connectivity index (χ1) is 8.13. The van der Waals surface area contributed by atoms with Gasteiger partial charge in [0.15, 0.2) is 0 Å². The molecule has 0 amide bonds. The summed E-state index contributed by atoms with van der Waals surface area (Å²) in [6.07, 6.45) is 0. The first-order valence-corrected chi connectivity index (χ1v) is 5.59. The lowest BCUT2D eigenvalue weighted by atomic mass is 10.1. The third-order valence-corrected chi connectivity index (χ3v) is 2.94. The van der Waals surface area contributed by atoms with Gasteiger partial charge in [0.2, 0.25) is 5.95 Å². The summed E-state index contributed by atoms with van der Waals surface area (Å²) in [7, 11) is 0. The summed E-state index contributed by atoms with van der Waals surface area (Å²) in [5.41, 5.74) is 1.17. The van der Waals surface area contributed by atoms with Crippen molar-refractivity contribution in [2.24, 2.45) is 0 Å². The average molecular weight is 272 g/mol. The number of nitrogens with zero attached hydrogens (tertiary/aromatic N) is 1. The molecule has 1 aromatic carbocycles. The van der Waals surface area contributed by atoms with Gasteiger partial charge in [0.05, 0.1) is 22.3 Å². The van der Waals surface area contributed by atoms with E-state index in [2.05, 4.69) is 4.98 Å². The van der Waals surface area contributed by atoms with E-state index in [9.17, 15) is 9.50 Å². The molecule has 0 radical (unpaired) electrons. The van der Waals surface area contributed by atoms with Crippen molar-refractivity contribution in [1.29, 1.82) is 0 Å². The Hall–Kier alpha value is -1.16. The predicted molar refractivity (Wildman–Crippen MR) is 65.6 cm³/mol. The molecule has 0 aliphatic carbocycles. The number of hydrogen-bond acceptors (Lipinski definition) is 2. The van der Waals surface area contributed by atoms with Crippen molar-refractivity contribution in [3.63, 3.8) is 0 Å². The fourth-order valence-corrected chi connectivity index (χ4v) is 2.11. The van der Waals surface area contributed by atoms with E-state index < -0.39 is 5.95 Å². The van der Waals surface area contributed by atoms with Crippen molar-refractivity contribution < 1.29 is 9.50 Å². The van der Waals surface area contributed by atoms with Gasteiger partial charge < -0.3 is 5.11 Å². The van der Waals surface area contributed by atoms with Crippen molar-refractivity contribution in [1.82, 2.24) is 4.98 Å². The highest BCUT2D eigenvalue weighted by molar-refractivity contribution is 6.39. The van der Waals surface area contributed by atoms with E-state index >= 15 is 0 Å². The number of benzene rings is 1. The normalized spacial score (nSPS) is 10.6. The van der Waals surface area contributed by atoms with Crippen molar-refractivity contribution >= 4 is 23.2 Å². The van der Waals surface area contributed by atoms with Crippen molar-refractivity contribution in [3.8, 4) is 11.3 Å². The van der Waals surface area contributed by atoms with Gasteiger partial charge >= 0.3 is 0 Å². The second kappa shape index (κ2) is 5.00. The minimum atomic E-state index is -0.645. The highest BCUT2D eigenvalue weighted by Gasteiger charge is 2.14. The Balaban J connectivity index is 2.71. The highest BCUT2D eigenvalue weighted by Crippen LogP contribution is 2.35. The molecule has 2 aromatic rings. The molecule has 0 spiro atoms. The number of rotatable bonds is 2. The Bertz CT molecular complexity index is 540. The summed E-state index contributed by atoms with van der Waals surface area (Å²) in [5, 5.41) is 9.94. The Morgan fingerprint density at radius 1 is 1.12 bits per heavy atom. The van der Waals surface area contributed by atoms with Crippen LogP contribution in [0, 0.1) is 5.95 Å². The first kappa shape index (κ1) is 12.3. The highest BCUT2D eigenvalue weighted by atomic mass is 35.5. The van der Waals surface area contributed by atoms with E-state index in [4.69, 9.17) is 23.2 Å². The van der Waals surface area contributed by atoms with Gasteiger partial charge in [-0.3, -0.25) is 0 Å². The van der Waals surface area contributed by atoms with Crippen LogP contribution in [0.5, 0.6) is 0 Å². The van der Waals surface area contributed by atoms with Crippen LogP contribution < -0.4 is 0 Å². The minimum absolute atomic E-state index is 0.260. The maximum absolute atomic E-state index is 13.2. The Kier molecular flexibility index (Phi) is 3.62. The zero-order valence-electron chi connectivity index (χ0n) is 8.62. The summed E-state index contributed by atoms with van der Waals surface area (Å²) in [4.78, 5) is 3.74. The maximum atomic E-state index is 13.2. The predicted octanol–water partition coefficient (Wildman–Crippen LogP) is 3.69. The zero-order valence-corrected chi connectivity index (χ0v) is 10.1. The molecule has 0 saturated heterocycles. The SMILES string of the molecule is OCc1ccc(F)nc1-c1c(Cl)cccc1Cl. The molecular weight excluding hydrogens is 264 g/mol. The standard InChI is InChI=1S/C12H8Cl2FNO/c13-8-2-1-3-9(14)11(8)12-7(6-17)4-5-10(15)16-12/h1-5,17H,6H2. The molecule has 0 aliphatic heterocycles. The topological polar surface area (TPSA) is 33.1 Å². The molecule has 1 heterocycles. The van der Waals surface area contributed by atoms with Gasteiger partial charge in [0.25, 0.3) is 0 Å². The molecule has 0 atom stereocenters. The van der Waals surface area contributed by atoms with Gasteiger partial charge in [-0.2, -0.15) is 4.39 Å². The third-order valence-electron chi connectivity index (χ3n) is 2.31. The van der Waals surface area contributed by atoms with Crippen LogP contribution in [0.1, 0.15) is 5.56 Å². The van der Waals surface area contributed by atoms with Crippen molar-refractivity contribution in [2.75, 3.05) is 0 Å². The van der Waals surface area contributed by atoms with E-state index in [-0.39, 0.29) is 12.3 Å². The minimum Gasteiger partial charge on any atom is -0.392 e. The lowest BCUT2D eigenvalue weighted by Crippen LogP contribution is -1.96. The molecule has 5 heteroatoms. The molecule has 0 bridgehead atoms. The van der Waals surface area contributed by atoms with Gasteiger partial charge in [-0.15, -0.1) is 0 Å². The van der Waals surface area contributed by atoms with Crippen molar-refractivity contribution in [3.05, 3.63) is 51.9 Å². The second-order valence-electron chi connectivity index (χ2n) is 3.40. The number of aromatic nitrogens is 1.